The minimum Gasteiger partial charge on any atom is -0.504 e. The fraction of sp³-hybridized carbons (Fsp3) is 0.435. The zero-order valence-corrected chi connectivity index (χ0v) is 16.7. The van der Waals surface area contributed by atoms with Gasteiger partial charge in [-0.15, -0.1) is 0 Å². The maximum Gasteiger partial charge on any atom is 0.257 e. The van der Waals surface area contributed by atoms with Crippen molar-refractivity contribution < 1.29 is 19.0 Å². The van der Waals surface area contributed by atoms with Gasteiger partial charge in [-0.1, -0.05) is 24.3 Å². The van der Waals surface area contributed by atoms with Crippen LogP contribution in [0, 0.1) is 11.2 Å². The highest BCUT2D eigenvalue weighted by molar-refractivity contribution is 5.97. The molecule has 154 valence electrons. The lowest BCUT2D eigenvalue weighted by Crippen LogP contribution is -2.45. The van der Waals surface area contributed by atoms with Crippen LogP contribution in [0.5, 0.6) is 11.5 Å². The van der Waals surface area contributed by atoms with Crippen molar-refractivity contribution in [2.24, 2.45) is 5.41 Å². The van der Waals surface area contributed by atoms with Crippen molar-refractivity contribution in [2.75, 3.05) is 33.3 Å². The molecule has 1 atom stereocenters. The van der Waals surface area contributed by atoms with Crippen LogP contribution in [0.25, 0.3) is 0 Å². The van der Waals surface area contributed by atoms with Crippen LogP contribution in [0.3, 0.4) is 0 Å². The average Bonchev–Trinajstić information content (AvgIpc) is 3.12. The van der Waals surface area contributed by atoms with Gasteiger partial charge in [0.15, 0.2) is 11.5 Å². The molecule has 2 fully saturated rings. The average molecular weight is 398 g/mol. The Labute approximate surface area is 170 Å². The van der Waals surface area contributed by atoms with E-state index in [0.29, 0.717) is 25.4 Å². The molecule has 1 N–H and O–H groups in total. The summed E-state index contributed by atoms with van der Waals surface area (Å²) in [4.78, 5) is 17.2. The number of aromatic hydroxyl groups is 1. The molecule has 2 heterocycles. The van der Waals surface area contributed by atoms with E-state index in [-0.39, 0.29) is 28.5 Å². The topological polar surface area (TPSA) is 53.0 Å². The highest BCUT2D eigenvalue weighted by atomic mass is 19.1. The van der Waals surface area contributed by atoms with E-state index in [0.717, 1.165) is 37.9 Å². The van der Waals surface area contributed by atoms with Crippen molar-refractivity contribution in [1.29, 1.82) is 0 Å². The molecule has 0 unspecified atom stereocenters. The maximum absolute atomic E-state index is 14.1. The SMILES string of the molecule is COc1cccc(C(=O)N2CC[C@]3(CCCN(Cc4ccccc4F)C3)C2)c1O. The van der Waals surface area contributed by atoms with Gasteiger partial charge in [-0.05, 0) is 44.0 Å². The first-order valence-electron chi connectivity index (χ1n) is 10.1. The minimum absolute atomic E-state index is 0.0354. The van der Waals surface area contributed by atoms with Crippen LogP contribution in [0.1, 0.15) is 35.2 Å². The van der Waals surface area contributed by atoms with Crippen LogP contribution in [0.4, 0.5) is 4.39 Å². The third-order valence-electron chi connectivity index (χ3n) is 6.27. The normalized spacial score (nSPS) is 22.2. The number of hydrogen-bond donors (Lipinski definition) is 1. The number of phenols is 1. The molecule has 0 aromatic heterocycles. The summed E-state index contributed by atoms with van der Waals surface area (Å²) in [7, 11) is 1.47. The molecule has 29 heavy (non-hydrogen) atoms. The summed E-state index contributed by atoms with van der Waals surface area (Å²) in [5, 5.41) is 10.3. The Morgan fingerprint density at radius 2 is 1.97 bits per heavy atom. The number of amides is 1. The number of halogens is 1. The number of methoxy groups -OCH3 is 1. The lowest BCUT2D eigenvalue weighted by Gasteiger charge is -2.40. The fourth-order valence-corrected chi connectivity index (χ4v) is 4.78. The lowest BCUT2D eigenvalue weighted by molar-refractivity contribution is 0.0670. The van der Waals surface area contributed by atoms with Gasteiger partial charge < -0.3 is 14.7 Å². The van der Waals surface area contributed by atoms with E-state index in [4.69, 9.17) is 4.74 Å². The Balaban J connectivity index is 1.45. The fourth-order valence-electron chi connectivity index (χ4n) is 4.78. The second kappa shape index (κ2) is 8.03. The summed E-state index contributed by atoms with van der Waals surface area (Å²) < 4.78 is 19.2. The number of ether oxygens (including phenoxy) is 1. The second-order valence-electron chi connectivity index (χ2n) is 8.24. The van der Waals surface area contributed by atoms with E-state index < -0.39 is 0 Å². The van der Waals surface area contributed by atoms with Crippen LogP contribution in [-0.4, -0.2) is 54.1 Å². The first-order chi connectivity index (χ1) is 14.0. The van der Waals surface area contributed by atoms with Crippen molar-refractivity contribution >= 4 is 5.91 Å². The molecule has 0 saturated carbocycles. The smallest absolute Gasteiger partial charge is 0.257 e. The lowest BCUT2D eigenvalue weighted by atomic mass is 9.79. The number of piperidine rings is 1. The predicted molar refractivity (Wildman–Crippen MR) is 109 cm³/mol. The Kier molecular flexibility index (Phi) is 5.46. The van der Waals surface area contributed by atoms with Gasteiger partial charge in [0.2, 0.25) is 0 Å². The summed E-state index contributed by atoms with van der Waals surface area (Å²) >= 11 is 0. The van der Waals surface area contributed by atoms with E-state index in [9.17, 15) is 14.3 Å². The minimum atomic E-state index is -0.163. The van der Waals surface area contributed by atoms with Crippen molar-refractivity contribution in [2.45, 2.75) is 25.8 Å². The molecule has 4 rings (SSSR count). The molecular weight excluding hydrogens is 371 g/mol. The van der Waals surface area contributed by atoms with Gasteiger partial charge in [0, 0.05) is 37.2 Å². The summed E-state index contributed by atoms with van der Waals surface area (Å²) in [6, 6.07) is 11.9. The molecule has 6 heteroatoms. The van der Waals surface area contributed by atoms with Crippen LogP contribution in [0.15, 0.2) is 42.5 Å². The number of para-hydroxylation sites is 1. The number of nitrogens with zero attached hydrogens (tertiary/aromatic N) is 2. The number of phenolic OH excluding ortho intramolecular Hbond substituents is 1. The molecule has 2 aliphatic heterocycles. The third kappa shape index (κ3) is 3.94. The summed E-state index contributed by atoms with van der Waals surface area (Å²) in [5.41, 5.74) is 1.03. The first-order valence-corrected chi connectivity index (χ1v) is 10.1. The van der Waals surface area contributed by atoms with E-state index in [1.807, 2.05) is 17.0 Å². The molecule has 2 saturated heterocycles. The highest BCUT2D eigenvalue weighted by Crippen LogP contribution is 2.41. The first kappa shape index (κ1) is 19.7. The van der Waals surface area contributed by atoms with E-state index >= 15 is 0 Å². The number of likely N-dealkylation sites (tertiary alicyclic amines) is 2. The zero-order chi connectivity index (χ0) is 20.4. The van der Waals surface area contributed by atoms with Gasteiger partial charge in [0.05, 0.1) is 12.7 Å². The Morgan fingerprint density at radius 1 is 1.14 bits per heavy atom. The molecule has 0 bridgehead atoms. The monoisotopic (exact) mass is 398 g/mol. The van der Waals surface area contributed by atoms with Gasteiger partial charge in [-0.2, -0.15) is 0 Å². The number of carbonyl (C=O) groups excluding carboxylic acids is 1. The third-order valence-corrected chi connectivity index (χ3v) is 6.27. The van der Waals surface area contributed by atoms with Crippen LogP contribution < -0.4 is 4.74 Å². The van der Waals surface area contributed by atoms with Gasteiger partial charge in [-0.3, -0.25) is 9.69 Å². The summed E-state index contributed by atoms with van der Waals surface area (Å²) in [5.74, 6) is -0.127. The Morgan fingerprint density at radius 3 is 2.76 bits per heavy atom. The quantitative estimate of drug-likeness (QED) is 0.854. The molecule has 1 spiro atoms. The predicted octanol–water partition coefficient (Wildman–Crippen LogP) is 3.67. The van der Waals surface area contributed by atoms with Crippen molar-refractivity contribution in [3.05, 3.63) is 59.4 Å². The molecule has 2 aromatic carbocycles. The van der Waals surface area contributed by atoms with Crippen molar-refractivity contribution in [1.82, 2.24) is 9.80 Å². The van der Waals surface area contributed by atoms with E-state index in [1.165, 1.54) is 13.2 Å². The number of rotatable bonds is 4. The molecule has 1 amide bonds. The maximum atomic E-state index is 14.1. The number of hydrogen-bond acceptors (Lipinski definition) is 4. The van der Waals surface area contributed by atoms with E-state index in [2.05, 4.69) is 4.90 Å². The Hall–Kier alpha value is -2.60. The molecular formula is C23H27FN2O3. The van der Waals surface area contributed by atoms with Crippen molar-refractivity contribution in [3.8, 4) is 11.5 Å². The molecule has 0 aliphatic carbocycles. The Bertz CT molecular complexity index is 903. The largest absolute Gasteiger partial charge is 0.504 e. The molecule has 0 radical (unpaired) electrons. The van der Waals surface area contributed by atoms with Gasteiger partial charge >= 0.3 is 0 Å². The zero-order valence-electron chi connectivity index (χ0n) is 16.7. The van der Waals surface area contributed by atoms with Gasteiger partial charge in [0.1, 0.15) is 5.82 Å². The summed E-state index contributed by atoms with van der Waals surface area (Å²) in [6.45, 7) is 3.73. The van der Waals surface area contributed by atoms with Crippen LogP contribution in [0.2, 0.25) is 0 Å². The second-order valence-corrected chi connectivity index (χ2v) is 8.24. The standard InChI is InChI=1S/C23H27FN2O3/c1-29-20-9-4-7-18(21(20)27)22(28)26-13-11-23(16-26)10-5-12-25(15-23)14-17-6-2-3-8-19(17)24/h2-4,6-9,27H,5,10-16H2,1H3/t23-/m0/s1. The van der Waals surface area contributed by atoms with E-state index in [1.54, 1.807) is 24.3 Å². The van der Waals surface area contributed by atoms with Crippen LogP contribution in [-0.2, 0) is 6.54 Å². The molecule has 2 aliphatic rings. The highest BCUT2D eigenvalue weighted by Gasteiger charge is 2.43. The van der Waals surface area contributed by atoms with Crippen LogP contribution >= 0.6 is 0 Å². The van der Waals surface area contributed by atoms with Gasteiger partial charge in [0.25, 0.3) is 5.91 Å². The number of carbonyl (C=O) groups is 1. The van der Waals surface area contributed by atoms with Crippen molar-refractivity contribution in [3.63, 3.8) is 0 Å². The molecule has 5 nitrogen and oxygen atoms in total. The van der Waals surface area contributed by atoms with Gasteiger partial charge in [-0.25, -0.2) is 4.39 Å². The number of benzene rings is 2. The summed E-state index contributed by atoms with van der Waals surface area (Å²) in [6.07, 6.45) is 3.03. The molecule has 2 aromatic rings.